The SMILES string of the molecule is CC(C)c1ccccc1NC(=O)C(C)(C)C(=O)NC1CCCCC1. The molecule has 0 aromatic heterocycles. The van der Waals surface area contributed by atoms with Crippen LogP contribution in [0.15, 0.2) is 24.3 Å². The molecule has 2 amide bonds. The molecule has 0 radical (unpaired) electrons. The topological polar surface area (TPSA) is 58.2 Å². The predicted molar refractivity (Wildman–Crippen MR) is 98.0 cm³/mol. The number of rotatable bonds is 5. The molecule has 0 spiro atoms. The van der Waals surface area contributed by atoms with Crippen LogP contribution < -0.4 is 10.6 Å². The van der Waals surface area contributed by atoms with Crippen molar-refractivity contribution in [3.63, 3.8) is 0 Å². The van der Waals surface area contributed by atoms with Gasteiger partial charge in [-0.05, 0) is 44.2 Å². The quantitative estimate of drug-likeness (QED) is 0.794. The number of nitrogens with one attached hydrogen (secondary N) is 2. The second-order valence-electron chi connectivity index (χ2n) is 7.63. The number of carbonyl (C=O) groups excluding carboxylic acids is 2. The lowest BCUT2D eigenvalue weighted by molar-refractivity contribution is -0.139. The number of anilines is 1. The number of benzene rings is 1. The molecule has 1 aliphatic rings. The van der Waals surface area contributed by atoms with Gasteiger partial charge in [0.15, 0.2) is 0 Å². The van der Waals surface area contributed by atoms with Gasteiger partial charge in [-0.15, -0.1) is 0 Å². The second kappa shape index (κ2) is 7.82. The first-order valence-electron chi connectivity index (χ1n) is 9.03. The maximum absolute atomic E-state index is 12.7. The summed E-state index contributed by atoms with van der Waals surface area (Å²) in [6, 6.07) is 7.97. The van der Waals surface area contributed by atoms with Gasteiger partial charge in [-0.2, -0.15) is 0 Å². The van der Waals surface area contributed by atoms with E-state index < -0.39 is 5.41 Å². The molecule has 0 saturated heterocycles. The Labute approximate surface area is 145 Å². The standard InChI is InChI=1S/C20H30N2O2/c1-14(2)16-12-8-9-13-17(16)22-19(24)20(3,4)18(23)21-15-10-6-5-7-11-15/h8-9,12-15H,5-7,10-11H2,1-4H3,(H,21,23)(H,22,24). The lowest BCUT2D eigenvalue weighted by Crippen LogP contribution is -2.49. The minimum absolute atomic E-state index is 0.186. The van der Waals surface area contributed by atoms with Crippen molar-refractivity contribution in [2.24, 2.45) is 5.41 Å². The predicted octanol–water partition coefficient (Wildman–Crippen LogP) is 4.22. The summed E-state index contributed by atoms with van der Waals surface area (Å²) in [5, 5.41) is 6.01. The van der Waals surface area contributed by atoms with Gasteiger partial charge in [0.25, 0.3) is 0 Å². The molecule has 2 N–H and O–H groups in total. The summed E-state index contributed by atoms with van der Waals surface area (Å²) in [7, 11) is 0. The summed E-state index contributed by atoms with van der Waals surface area (Å²) in [5.41, 5.74) is 0.770. The van der Waals surface area contributed by atoms with Gasteiger partial charge in [-0.1, -0.05) is 51.3 Å². The number of hydrogen-bond donors (Lipinski definition) is 2. The lowest BCUT2D eigenvalue weighted by atomic mass is 9.88. The third-order valence-corrected chi connectivity index (χ3v) is 4.91. The zero-order chi connectivity index (χ0) is 17.7. The van der Waals surface area contributed by atoms with E-state index in [1.54, 1.807) is 13.8 Å². The van der Waals surface area contributed by atoms with Crippen molar-refractivity contribution in [1.82, 2.24) is 5.32 Å². The number of carbonyl (C=O) groups is 2. The number of amides is 2. The van der Waals surface area contributed by atoms with E-state index in [1.807, 2.05) is 24.3 Å². The first-order valence-corrected chi connectivity index (χ1v) is 9.03. The molecule has 0 bridgehead atoms. The third-order valence-electron chi connectivity index (χ3n) is 4.91. The molecular weight excluding hydrogens is 300 g/mol. The van der Waals surface area contributed by atoms with Crippen molar-refractivity contribution in [2.45, 2.75) is 71.8 Å². The molecule has 1 fully saturated rings. The molecule has 1 saturated carbocycles. The average Bonchev–Trinajstić information content (AvgIpc) is 2.56. The summed E-state index contributed by atoms with van der Waals surface area (Å²) in [6.45, 7) is 7.56. The Morgan fingerprint density at radius 1 is 1.04 bits per heavy atom. The van der Waals surface area contributed by atoms with Gasteiger partial charge >= 0.3 is 0 Å². The smallest absolute Gasteiger partial charge is 0.239 e. The fourth-order valence-electron chi connectivity index (χ4n) is 3.11. The highest BCUT2D eigenvalue weighted by Crippen LogP contribution is 2.27. The molecule has 0 unspecified atom stereocenters. The maximum Gasteiger partial charge on any atom is 0.239 e. The number of hydrogen-bond acceptors (Lipinski definition) is 2. The third kappa shape index (κ3) is 4.37. The average molecular weight is 330 g/mol. The Kier molecular flexibility index (Phi) is 6.03. The van der Waals surface area contributed by atoms with Gasteiger partial charge in [0.2, 0.25) is 11.8 Å². The van der Waals surface area contributed by atoms with Crippen LogP contribution in [0.1, 0.15) is 71.3 Å². The Bertz CT molecular complexity index is 587. The molecule has 24 heavy (non-hydrogen) atoms. The highest BCUT2D eigenvalue weighted by Gasteiger charge is 2.37. The first-order chi connectivity index (χ1) is 11.3. The van der Waals surface area contributed by atoms with Gasteiger partial charge in [-0.3, -0.25) is 9.59 Å². The molecule has 0 aliphatic heterocycles. The number of para-hydroxylation sites is 1. The van der Waals surface area contributed by atoms with Crippen LogP contribution in [0.4, 0.5) is 5.69 Å². The summed E-state index contributed by atoms with van der Waals surface area (Å²) < 4.78 is 0. The fraction of sp³-hybridized carbons (Fsp3) is 0.600. The van der Waals surface area contributed by atoms with Crippen LogP contribution in [0, 0.1) is 5.41 Å². The van der Waals surface area contributed by atoms with Crippen LogP contribution in [0.25, 0.3) is 0 Å². The van der Waals surface area contributed by atoms with E-state index in [0.29, 0.717) is 5.92 Å². The normalized spacial score (nSPS) is 16.0. The lowest BCUT2D eigenvalue weighted by Gasteiger charge is -2.29. The molecule has 0 atom stereocenters. The zero-order valence-corrected chi connectivity index (χ0v) is 15.3. The summed E-state index contributed by atoms with van der Waals surface area (Å²) in [6.07, 6.45) is 5.57. The van der Waals surface area contributed by atoms with Gasteiger partial charge < -0.3 is 10.6 Å². The zero-order valence-electron chi connectivity index (χ0n) is 15.3. The van der Waals surface area contributed by atoms with Crippen molar-refractivity contribution in [2.75, 3.05) is 5.32 Å². The Balaban J connectivity index is 2.05. The molecular formula is C20H30N2O2. The fourth-order valence-corrected chi connectivity index (χ4v) is 3.11. The van der Waals surface area contributed by atoms with Crippen LogP contribution in [-0.2, 0) is 9.59 Å². The van der Waals surface area contributed by atoms with Crippen molar-refractivity contribution in [3.05, 3.63) is 29.8 Å². The van der Waals surface area contributed by atoms with Crippen molar-refractivity contribution >= 4 is 17.5 Å². The summed E-state index contributed by atoms with van der Waals surface area (Å²) in [5.74, 6) is -0.140. The Morgan fingerprint density at radius 2 is 1.67 bits per heavy atom. The van der Waals surface area contributed by atoms with E-state index >= 15 is 0 Å². The first kappa shape index (κ1) is 18.5. The van der Waals surface area contributed by atoms with Crippen molar-refractivity contribution in [1.29, 1.82) is 0 Å². The summed E-state index contributed by atoms with van der Waals surface area (Å²) >= 11 is 0. The van der Waals surface area contributed by atoms with Gasteiger partial charge in [0, 0.05) is 11.7 Å². The molecule has 1 aromatic carbocycles. The Hall–Kier alpha value is -1.84. The van der Waals surface area contributed by atoms with Crippen LogP contribution in [-0.4, -0.2) is 17.9 Å². The van der Waals surface area contributed by atoms with Crippen LogP contribution >= 0.6 is 0 Å². The van der Waals surface area contributed by atoms with E-state index in [2.05, 4.69) is 24.5 Å². The van der Waals surface area contributed by atoms with E-state index in [-0.39, 0.29) is 17.9 Å². The van der Waals surface area contributed by atoms with E-state index in [9.17, 15) is 9.59 Å². The second-order valence-corrected chi connectivity index (χ2v) is 7.63. The van der Waals surface area contributed by atoms with Gasteiger partial charge in [0.05, 0.1) is 0 Å². The molecule has 0 heterocycles. The van der Waals surface area contributed by atoms with Crippen LogP contribution in [0.3, 0.4) is 0 Å². The Morgan fingerprint density at radius 3 is 2.29 bits per heavy atom. The van der Waals surface area contributed by atoms with Crippen LogP contribution in [0.5, 0.6) is 0 Å². The van der Waals surface area contributed by atoms with Crippen molar-refractivity contribution in [3.8, 4) is 0 Å². The molecule has 1 aromatic rings. The van der Waals surface area contributed by atoms with Gasteiger partial charge in [-0.25, -0.2) is 0 Å². The highest BCUT2D eigenvalue weighted by atomic mass is 16.2. The molecule has 1 aliphatic carbocycles. The van der Waals surface area contributed by atoms with E-state index in [4.69, 9.17) is 0 Å². The van der Waals surface area contributed by atoms with Crippen LogP contribution in [0.2, 0.25) is 0 Å². The molecule has 2 rings (SSSR count). The minimum Gasteiger partial charge on any atom is -0.352 e. The largest absolute Gasteiger partial charge is 0.352 e. The molecule has 4 nitrogen and oxygen atoms in total. The van der Waals surface area contributed by atoms with E-state index in [1.165, 1.54) is 6.42 Å². The van der Waals surface area contributed by atoms with Crippen molar-refractivity contribution < 1.29 is 9.59 Å². The minimum atomic E-state index is -1.10. The monoisotopic (exact) mass is 330 g/mol. The summed E-state index contributed by atoms with van der Waals surface area (Å²) in [4.78, 5) is 25.3. The van der Waals surface area contributed by atoms with Gasteiger partial charge in [0.1, 0.15) is 5.41 Å². The highest BCUT2D eigenvalue weighted by molar-refractivity contribution is 6.10. The molecule has 132 valence electrons. The van der Waals surface area contributed by atoms with E-state index in [0.717, 1.165) is 36.9 Å². The molecule has 4 heteroatoms. The maximum atomic E-state index is 12.7.